The van der Waals surface area contributed by atoms with Crippen molar-refractivity contribution in [3.05, 3.63) is 96.1 Å². The maximum Gasteiger partial charge on any atom is 0.308 e. The Kier molecular flexibility index (Phi) is 7.80. The first-order chi connectivity index (χ1) is 18.5. The number of nitrogens with one attached hydrogen (secondary N) is 1. The third-order valence-corrected chi connectivity index (χ3v) is 7.05. The van der Waals surface area contributed by atoms with Gasteiger partial charge in [-0.05, 0) is 53.9 Å². The van der Waals surface area contributed by atoms with Crippen LogP contribution in [0.4, 0.5) is 11.4 Å². The Morgan fingerprint density at radius 1 is 1.05 bits per heavy atom. The van der Waals surface area contributed by atoms with Crippen LogP contribution in [0.15, 0.2) is 84.9 Å². The number of carbonyl (C=O) groups is 1. The standard InChI is InChI=1S/C32H34N2O4/c1-22-15-16-25(19-31(22)37-18-17-32(35)36-3)34-21-26(38-30-14-7-6-13-29(30)34)20-33-23(2)27-12-8-10-24-9-4-5-11-28(24)27/h4-16,19,23,26,33H,17-18,20-21H2,1-3H3/t23-,26?/m1/s1. The van der Waals surface area contributed by atoms with Gasteiger partial charge in [-0.25, -0.2) is 0 Å². The third kappa shape index (κ3) is 5.60. The molecule has 6 nitrogen and oxygen atoms in total. The van der Waals surface area contributed by atoms with Gasteiger partial charge in [0.2, 0.25) is 0 Å². The molecule has 1 heterocycles. The minimum Gasteiger partial charge on any atom is -0.493 e. The minimum absolute atomic E-state index is 0.0488. The lowest BCUT2D eigenvalue weighted by Crippen LogP contribution is -2.44. The number of fused-ring (bicyclic) bond motifs is 2. The van der Waals surface area contributed by atoms with Crippen molar-refractivity contribution in [1.82, 2.24) is 5.32 Å². The normalized spacial score (nSPS) is 15.4. The van der Waals surface area contributed by atoms with Crippen LogP contribution < -0.4 is 19.7 Å². The second kappa shape index (κ2) is 11.6. The largest absolute Gasteiger partial charge is 0.493 e. The summed E-state index contributed by atoms with van der Waals surface area (Å²) in [5.74, 6) is 1.33. The van der Waals surface area contributed by atoms with Crippen LogP contribution in [0, 0.1) is 6.92 Å². The zero-order valence-electron chi connectivity index (χ0n) is 22.1. The summed E-state index contributed by atoms with van der Waals surface area (Å²) in [6.45, 7) is 5.87. The number of esters is 1. The molecule has 196 valence electrons. The predicted molar refractivity (Wildman–Crippen MR) is 152 cm³/mol. The first-order valence-electron chi connectivity index (χ1n) is 13.1. The summed E-state index contributed by atoms with van der Waals surface area (Å²) in [7, 11) is 1.39. The van der Waals surface area contributed by atoms with Gasteiger partial charge < -0.3 is 24.4 Å². The van der Waals surface area contributed by atoms with Gasteiger partial charge in [0.25, 0.3) is 0 Å². The Hall–Kier alpha value is -4.03. The Morgan fingerprint density at radius 3 is 2.71 bits per heavy atom. The summed E-state index contributed by atoms with van der Waals surface area (Å²) in [4.78, 5) is 13.8. The zero-order valence-corrected chi connectivity index (χ0v) is 22.1. The molecular formula is C32H34N2O4. The molecule has 38 heavy (non-hydrogen) atoms. The molecule has 6 heteroatoms. The van der Waals surface area contributed by atoms with Crippen LogP contribution in [-0.4, -0.2) is 38.9 Å². The Morgan fingerprint density at radius 2 is 1.84 bits per heavy atom. The smallest absolute Gasteiger partial charge is 0.308 e. The van der Waals surface area contributed by atoms with Crippen LogP contribution in [-0.2, 0) is 9.53 Å². The van der Waals surface area contributed by atoms with Gasteiger partial charge in [-0.3, -0.25) is 4.79 Å². The Labute approximate surface area is 224 Å². The summed E-state index contributed by atoms with van der Waals surface area (Å²) >= 11 is 0. The van der Waals surface area contributed by atoms with Gasteiger partial charge in [-0.15, -0.1) is 0 Å². The number of para-hydroxylation sites is 2. The highest BCUT2D eigenvalue weighted by molar-refractivity contribution is 5.86. The van der Waals surface area contributed by atoms with E-state index in [0.717, 1.165) is 28.4 Å². The minimum atomic E-state index is -0.283. The van der Waals surface area contributed by atoms with Crippen molar-refractivity contribution in [2.45, 2.75) is 32.4 Å². The van der Waals surface area contributed by atoms with Gasteiger partial charge in [-0.1, -0.05) is 60.7 Å². The first-order valence-corrected chi connectivity index (χ1v) is 13.1. The van der Waals surface area contributed by atoms with E-state index in [2.05, 4.69) is 77.8 Å². The van der Waals surface area contributed by atoms with E-state index in [1.54, 1.807) is 0 Å². The van der Waals surface area contributed by atoms with Crippen molar-refractivity contribution in [2.75, 3.05) is 31.7 Å². The first kappa shape index (κ1) is 25.6. The van der Waals surface area contributed by atoms with E-state index in [0.29, 0.717) is 13.1 Å². The van der Waals surface area contributed by atoms with Crippen LogP contribution in [0.25, 0.3) is 10.8 Å². The van der Waals surface area contributed by atoms with E-state index in [4.69, 9.17) is 14.2 Å². The summed E-state index contributed by atoms with van der Waals surface area (Å²) in [5.41, 5.74) is 4.34. The van der Waals surface area contributed by atoms with E-state index < -0.39 is 0 Å². The second-order valence-electron chi connectivity index (χ2n) is 9.64. The summed E-state index contributed by atoms with van der Waals surface area (Å²) < 4.78 is 17.1. The summed E-state index contributed by atoms with van der Waals surface area (Å²) in [6, 6.07) is 29.5. The highest BCUT2D eigenvalue weighted by Crippen LogP contribution is 2.39. The van der Waals surface area contributed by atoms with E-state index in [1.807, 2.05) is 31.2 Å². The second-order valence-corrected chi connectivity index (χ2v) is 9.64. The molecule has 0 spiro atoms. The topological polar surface area (TPSA) is 60.0 Å². The maximum absolute atomic E-state index is 11.5. The molecule has 0 saturated heterocycles. The van der Waals surface area contributed by atoms with Crippen LogP contribution in [0.1, 0.15) is 30.5 Å². The van der Waals surface area contributed by atoms with Crippen LogP contribution >= 0.6 is 0 Å². The SMILES string of the molecule is COC(=O)CCOc1cc(N2CC(CN[C@H](C)c3cccc4ccccc34)Oc3ccccc32)ccc1C. The van der Waals surface area contributed by atoms with Crippen molar-refractivity contribution in [3.8, 4) is 11.5 Å². The number of hydrogen-bond donors (Lipinski definition) is 1. The molecule has 2 atom stereocenters. The van der Waals surface area contributed by atoms with Crippen molar-refractivity contribution in [3.63, 3.8) is 0 Å². The lowest BCUT2D eigenvalue weighted by molar-refractivity contribution is -0.141. The van der Waals surface area contributed by atoms with Crippen LogP contribution in [0.2, 0.25) is 0 Å². The zero-order chi connectivity index (χ0) is 26.5. The molecule has 5 rings (SSSR count). The highest BCUT2D eigenvalue weighted by Gasteiger charge is 2.27. The van der Waals surface area contributed by atoms with Crippen molar-refractivity contribution in [2.24, 2.45) is 0 Å². The maximum atomic E-state index is 11.5. The van der Waals surface area contributed by atoms with Crippen LogP contribution in [0.5, 0.6) is 11.5 Å². The Balaban J connectivity index is 1.33. The lowest BCUT2D eigenvalue weighted by Gasteiger charge is -2.37. The Bertz CT molecular complexity index is 1410. The molecule has 4 aromatic rings. The molecule has 0 saturated carbocycles. The van der Waals surface area contributed by atoms with E-state index in [-0.39, 0.29) is 31.1 Å². The van der Waals surface area contributed by atoms with Gasteiger partial charge >= 0.3 is 5.97 Å². The van der Waals surface area contributed by atoms with E-state index in [1.165, 1.54) is 23.4 Å². The average Bonchev–Trinajstić information content (AvgIpc) is 2.96. The number of nitrogens with zero attached hydrogens (tertiary/aromatic N) is 1. The quantitative estimate of drug-likeness (QED) is 0.265. The fourth-order valence-corrected chi connectivity index (χ4v) is 4.95. The molecule has 0 amide bonds. The molecular weight excluding hydrogens is 476 g/mol. The third-order valence-electron chi connectivity index (χ3n) is 7.05. The van der Waals surface area contributed by atoms with Gasteiger partial charge in [0.15, 0.2) is 0 Å². The summed E-state index contributed by atoms with van der Waals surface area (Å²) in [5, 5.41) is 6.22. The molecule has 0 aliphatic carbocycles. The number of benzene rings is 4. The van der Waals surface area contributed by atoms with Gasteiger partial charge in [0, 0.05) is 24.3 Å². The molecule has 1 aliphatic heterocycles. The number of hydrogen-bond acceptors (Lipinski definition) is 6. The van der Waals surface area contributed by atoms with Crippen molar-refractivity contribution < 1.29 is 19.0 Å². The molecule has 0 aromatic heterocycles. The van der Waals surface area contributed by atoms with E-state index in [9.17, 15) is 4.79 Å². The van der Waals surface area contributed by atoms with Crippen LogP contribution in [0.3, 0.4) is 0 Å². The monoisotopic (exact) mass is 510 g/mol. The highest BCUT2D eigenvalue weighted by atomic mass is 16.5. The molecule has 1 aliphatic rings. The molecule has 0 bridgehead atoms. The number of methoxy groups -OCH3 is 1. The van der Waals surface area contributed by atoms with Gasteiger partial charge in [-0.2, -0.15) is 0 Å². The van der Waals surface area contributed by atoms with E-state index >= 15 is 0 Å². The van der Waals surface area contributed by atoms with Crippen molar-refractivity contribution >= 4 is 28.1 Å². The van der Waals surface area contributed by atoms with Gasteiger partial charge in [0.1, 0.15) is 17.6 Å². The lowest BCUT2D eigenvalue weighted by atomic mass is 9.99. The molecule has 0 fully saturated rings. The number of aryl methyl sites for hydroxylation is 1. The number of carbonyl (C=O) groups excluding carboxylic acids is 1. The molecule has 4 aromatic carbocycles. The molecule has 1 N–H and O–H groups in total. The molecule has 1 unspecified atom stereocenters. The van der Waals surface area contributed by atoms with Crippen molar-refractivity contribution in [1.29, 1.82) is 0 Å². The summed E-state index contributed by atoms with van der Waals surface area (Å²) in [6.07, 6.45) is 0.163. The number of ether oxygens (including phenoxy) is 3. The fourth-order valence-electron chi connectivity index (χ4n) is 4.95. The fraction of sp³-hybridized carbons (Fsp3) is 0.281. The average molecular weight is 511 g/mol. The molecule has 0 radical (unpaired) electrons. The predicted octanol–water partition coefficient (Wildman–Crippen LogP) is 6.34. The number of anilines is 2. The number of rotatable bonds is 9. The van der Waals surface area contributed by atoms with Gasteiger partial charge in [0.05, 0.1) is 32.4 Å².